The van der Waals surface area contributed by atoms with E-state index in [1.807, 2.05) is 0 Å². The molecule has 0 rings (SSSR count). The van der Waals surface area contributed by atoms with Crippen LogP contribution in [0.5, 0.6) is 0 Å². The van der Waals surface area contributed by atoms with Crippen LogP contribution in [0.2, 0.25) is 0 Å². The maximum Gasteiger partial charge on any atom is 1.00 e. The molecule has 0 heterocycles. The number of nitrogens with one attached hydrogen (secondary N) is 1. The number of ether oxygens (including phenoxy) is 1. The number of carbonyl (C=O) groups is 1. The Balaban J connectivity index is 0. The SMILES string of the molecule is [Li+].[NH-]C(=O)OCCCCS(=O)(=O)F. The molecule has 0 spiro atoms. The number of unbranched alkanes of at least 4 members (excludes halogenated alkanes) is 1. The number of amides is 1. The van der Waals surface area contributed by atoms with E-state index in [9.17, 15) is 17.1 Å². The van der Waals surface area contributed by atoms with Crippen molar-refractivity contribution in [2.45, 2.75) is 12.8 Å². The van der Waals surface area contributed by atoms with Gasteiger partial charge in [0.2, 0.25) is 6.09 Å². The second-order valence-corrected chi connectivity index (χ2v) is 3.57. The van der Waals surface area contributed by atoms with Crippen LogP contribution in [0.15, 0.2) is 0 Å². The molecule has 72 valence electrons. The minimum Gasteiger partial charge on any atom is -0.632 e. The molecule has 13 heavy (non-hydrogen) atoms. The van der Waals surface area contributed by atoms with Gasteiger partial charge in [-0.3, -0.25) is 4.79 Å². The van der Waals surface area contributed by atoms with Crippen molar-refractivity contribution < 1.29 is 40.7 Å². The van der Waals surface area contributed by atoms with E-state index in [0.717, 1.165) is 0 Å². The maximum atomic E-state index is 11.8. The predicted octanol–water partition coefficient (Wildman–Crippen LogP) is -1.74. The minimum atomic E-state index is -4.41. The van der Waals surface area contributed by atoms with Crippen molar-refractivity contribution in [3.05, 3.63) is 5.73 Å². The van der Waals surface area contributed by atoms with Gasteiger partial charge in [-0.1, -0.05) is 0 Å². The van der Waals surface area contributed by atoms with Gasteiger partial charge in [0.05, 0.1) is 12.4 Å². The molecular weight excluding hydrogens is 196 g/mol. The normalized spacial score (nSPS) is 10.2. The topological polar surface area (TPSA) is 84.2 Å². The van der Waals surface area contributed by atoms with Crippen molar-refractivity contribution in [2.24, 2.45) is 0 Å². The molecule has 0 saturated carbocycles. The number of halogens is 1. The first-order chi connectivity index (χ1) is 5.42. The molecule has 0 fully saturated rings. The quantitative estimate of drug-likeness (QED) is 0.303. The molecule has 0 unspecified atom stereocenters. The first-order valence-corrected chi connectivity index (χ1v) is 4.78. The van der Waals surface area contributed by atoms with Gasteiger partial charge in [-0.25, -0.2) is 0 Å². The summed E-state index contributed by atoms with van der Waals surface area (Å²) in [6, 6.07) is 0. The van der Waals surface area contributed by atoms with E-state index in [2.05, 4.69) is 4.74 Å². The van der Waals surface area contributed by atoms with E-state index in [1.54, 1.807) is 0 Å². The summed E-state index contributed by atoms with van der Waals surface area (Å²) in [5.74, 6) is -0.567. The monoisotopic (exact) mass is 205 g/mol. The van der Waals surface area contributed by atoms with Crippen molar-refractivity contribution in [1.29, 1.82) is 0 Å². The van der Waals surface area contributed by atoms with Crippen molar-refractivity contribution in [3.8, 4) is 0 Å². The fourth-order valence-electron chi connectivity index (χ4n) is 0.541. The molecule has 5 nitrogen and oxygen atoms in total. The molecule has 0 aliphatic carbocycles. The Bertz CT molecular complexity index is 243. The van der Waals surface area contributed by atoms with Crippen LogP contribution in [0.1, 0.15) is 12.8 Å². The van der Waals surface area contributed by atoms with Crippen LogP contribution in [-0.2, 0) is 15.0 Å². The second kappa shape index (κ2) is 7.18. The molecule has 0 aliphatic rings. The summed E-state index contributed by atoms with van der Waals surface area (Å²) in [6.45, 7) is -0.0438. The molecule has 0 aromatic heterocycles. The second-order valence-electron chi connectivity index (χ2n) is 2.09. The summed E-state index contributed by atoms with van der Waals surface area (Å²) in [6.07, 6.45) is -0.835. The molecule has 1 amide bonds. The fraction of sp³-hybridized carbons (Fsp3) is 0.800. The Morgan fingerprint density at radius 3 is 2.31 bits per heavy atom. The number of hydrogen-bond acceptors (Lipinski definition) is 4. The van der Waals surface area contributed by atoms with E-state index in [-0.39, 0.29) is 38.3 Å². The standard InChI is InChI=1S/C5H10FNO4S.Li/c6-12(9,10)4-2-1-3-11-5(7)8;/h1-4H2,(H2,7,8);/q;+1/p-1. The summed E-state index contributed by atoms with van der Waals surface area (Å²) in [5, 5.41) is 0. The van der Waals surface area contributed by atoms with Gasteiger partial charge in [0.1, 0.15) is 0 Å². The molecular formula is C5H9FLiNO4S. The maximum absolute atomic E-state index is 11.8. The first kappa shape index (κ1) is 15.2. The van der Waals surface area contributed by atoms with Gasteiger partial charge in [-0.15, -0.1) is 3.89 Å². The third-order valence-electron chi connectivity index (χ3n) is 1.02. The van der Waals surface area contributed by atoms with E-state index in [0.29, 0.717) is 0 Å². The summed E-state index contributed by atoms with van der Waals surface area (Å²) in [4.78, 5) is 9.86. The van der Waals surface area contributed by atoms with Gasteiger partial charge in [0.25, 0.3) is 0 Å². The zero-order valence-electron chi connectivity index (χ0n) is 7.25. The number of rotatable bonds is 5. The largest absolute Gasteiger partial charge is 1.00 e. The Hall–Kier alpha value is -0.253. The van der Waals surface area contributed by atoms with Gasteiger partial charge in [-0.05, 0) is 12.8 Å². The summed E-state index contributed by atoms with van der Waals surface area (Å²) < 4.78 is 35.8. The van der Waals surface area contributed by atoms with Crippen LogP contribution >= 0.6 is 0 Å². The number of carbonyl (C=O) groups excluding carboxylic acids is 1. The summed E-state index contributed by atoms with van der Waals surface area (Å²) in [7, 11) is -4.41. The van der Waals surface area contributed by atoms with Crippen LogP contribution in [0.4, 0.5) is 8.68 Å². The van der Waals surface area contributed by atoms with Gasteiger partial charge >= 0.3 is 29.1 Å². The molecule has 0 aliphatic heterocycles. The first-order valence-electron chi connectivity index (χ1n) is 3.22. The van der Waals surface area contributed by atoms with Crippen molar-refractivity contribution in [1.82, 2.24) is 0 Å². The molecule has 8 heteroatoms. The molecule has 0 saturated heterocycles. The zero-order chi connectivity index (χ0) is 9.61. The van der Waals surface area contributed by atoms with Gasteiger partial charge < -0.3 is 10.5 Å². The van der Waals surface area contributed by atoms with E-state index >= 15 is 0 Å². The zero-order valence-corrected chi connectivity index (χ0v) is 8.06. The summed E-state index contributed by atoms with van der Waals surface area (Å²) >= 11 is 0. The average Bonchev–Trinajstić information content (AvgIpc) is 1.83. The molecule has 0 radical (unpaired) electrons. The molecule has 0 atom stereocenters. The Morgan fingerprint density at radius 1 is 1.38 bits per heavy atom. The predicted molar refractivity (Wildman–Crippen MR) is 39.8 cm³/mol. The van der Waals surface area contributed by atoms with Crippen molar-refractivity contribution in [2.75, 3.05) is 12.4 Å². The van der Waals surface area contributed by atoms with Crippen LogP contribution in [-0.4, -0.2) is 26.9 Å². The van der Waals surface area contributed by atoms with Gasteiger partial charge in [-0.2, -0.15) is 8.42 Å². The van der Waals surface area contributed by atoms with Crippen LogP contribution in [0.25, 0.3) is 5.73 Å². The molecule has 0 bridgehead atoms. The number of hydrogen-bond donors (Lipinski definition) is 0. The van der Waals surface area contributed by atoms with E-state index in [1.165, 1.54) is 0 Å². The fourth-order valence-corrected chi connectivity index (χ4v) is 1.09. The Morgan fingerprint density at radius 2 is 1.92 bits per heavy atom. The van der Waals surface area contributed by atoms with E-state index in [4.69, 9.17) is 5.73 Å². The third kappa shape index (κ3) is 14.6. The minimum absolute atomic E-state index is 0. The molecule has 1 N–H and O–H groups in total. The Kier molecular flexibility index (Phi) is 8.41. The van der Waals surface area contributed by atoms with Crippen molar-refractivity contribution in [3.63, 3.8) is 0 Å². The Labute approximate surface area is 88.2 Å². The molecule has 0 aromatic rings. The average molecular weight is 205 g/mol. The summed E-state index contributed by atoms with van der Waals surface area (Å²) in [5.41, 5.74) is 6.28. The van der Waals surface area contributed by atoms with Crippen LogP contribution in [0, 0.1) is 0 Å². The third-order valence-corrected chi connectivity index (χ3v) is 1.79. The van der Waals surface area contributed by atoms with Gasteiger partial charge in [0, 0.05) is 0 Å². The van der Waals surface area contributed by atoms with Crippen LogP contribution < -0.4 is 18.9 Å². The van der Waals surface area contributed by atoms with Crippen molar-refractivity contribution >= 4 is 16.3 Å². The smallest absolute Gasteiger partial charge is 0.632 e. The van der Waals surface area contributed by atoms with Gasteiger partial charge in [0.15, 0.2) is 0 Å². The molecule has 0 aromatic carbocycles. The van der Waals surface area contributed by atoms with Crippen LogP contribution in [0.3, 0.4) is 0 Å². The van der Waals surface area contributed by atoms with E-state index < -0.39 is 22.1 Å².